The summed E-state index contributed by atoms with van der Waals surface area (Å²) in [5.41, 5.74) is 5.51. The molecule has 5 N–H and O–H groups in total. The number of aliphatic hydroxyl groups is 1. The van der Waals surface area contributed by atoms with Crippen molar-refractivity contribution in [3.63, 3.8) is 0 Å². The second kappa shape index (κ2) is 8.84. The molecule has 8 nitrogen and oxygen atoms in total. The highest BCUT2D eigenvalue weighted by atomic mass is 127. The van der Waals surface area contributed by atoms with Gasteiger partial charge in [-0.15, -0.1) is 0 Å². The molecule has 23 heavy (non-hydrogen) atoms. The summed E-state index contributed by atoms with van der Waals surface area (Å²) >= 11 is 1.87. The molecule has 0 bridgehead atoms. The number of carboxylic acid groups (broad SMARTS) is 1. The molecule has 2 atom stereocenters. The number of carbonyl (C=O) groups is 1. The van der Waals surface area contributed by atoms with E-state index in [4.69, 9.17) is 20.3 Å². The average Bonchev–Trinajstić information content (AvgIpc) is 2.50. The Kier molecular flexibility index (Phi) is 7.75. The van der Waals surface area contributed by atoms with Crippen molar-refractivity contribution in [1.82, 2.24) is 0 Å². The van der Waals surface area contributed by atoms with Crippen molar-refractivity contribution in [2.75, 3.05) is 26.4 Å². The third-order valence-electron chi connectivity index (χ3n) is 2.95. The lowest BCUT2D eigenvalue weighted by molar-refractivity contribution is -0.139. The normalized spacial score (nSPS) is 14.8. The van der Waals surface area contributed by atoms with E-state index in [0.717, 1.165) is 0 Å². The van der Waals surface area contributed by atoms with Crippen LogP contribution in [0.1, 0.15) is 17.8 Å². The summed E-state index contributed by atoms with van der Waals surface area (Å²) in [5, 5.41) is 18.9. The van der Waals surface area contributed by atoms with Gasteiger partial charge in [-0.1, -0.05) is 0 Å². The molecule has 0 aliphatic carbocycles. The van der Waals surface area contributed by atoms with Crippen LogP contribution in [0.2, 0.25) is 0 Å². The fraction of sp³-hybridized carbons (Fsp3) is 0.462. The monoisotopic (exact) mass is 459 g/mol. The largest absolute Gasteiger partial charge is 0.493 e. The van der Waals surface area contributed by atoms with Gasteiger partial charge in [0.1, 0.15) is 0 Å². The topological polar surface area (TPSA) is 139 Å². The van der Waals surface area contributed by atoms with Gasteiger partial charge < -0.3 is 30.3 Å². The standard InChI is InChI=1S/C13H19INO7P/c1-21-10-6-8(13(18)23(19,20)4-2-3-15)5-9(14)12(10)22-7-11(16)17/h5-6,13,18H,2-4,7,15H2,1H3,(H,16,17)(H,19,20). The van der Waals surface area contributed by atoms with Gasteiger partial charge in [0.05, 0.1) is 10.7 Å². The molecular weight excluding hydrogens is 440 g/mol. The number of aliphatic carboxylic acids is 1. The summed E-state index contributed by atoms with van der Waals surface area (Å²) < 4.78 is 22.9. The van der Waals surface area contributed by atoms with Crippen LogP contribution in [0.15, 0.2) is 12.1 Å². The second-order valence-corrected chi connectivity index (χ2v) is 8.32. The van der Waals surface area contributed by atoms with Gasteiger partial charge in [-0.2, -0.15) is 0 Å². The van der Waals surface area contributed by atoms with E-state index >= 15 is 0 Å². The van der Waals surface area contributed by atoms with Crippen LogP contribution >= 0.6 is 30.0 Å². The molecule has 10 heteroatoms. The highest BCUT2D eigenvalue weighted by molar-refractivity contribution is 14.1. The van der Waals surface area contributed by atoms with Crippen LogP contribution < -0.4 is 15.2 Å². The van der Waals surface area contributed by atoms with E-state index in [2.05, 4.69) is 0 Å². The SMILES string of the molecule is COc1cc(C(O)P(=O)(O)CCCN)cc(I)c1OCC(=O)O. The van der Waals surface area contributed by atoms with Gasteiger partial charge in [-0.25, -0.2) is 4.79 Å². The number of benzene rings is 1. The average molecular weight is 459 g/mol. The minimum absolute atomic E-state index is 0.0964. The fourth-order valence-corrected chi connectivity index (χ4v) is 4.11. The van der Waals surface area contributed by atoms with E-state index in [1.165, 1.54) is 19.2 Å². The maximum absolute atomic E-state index is 12.2. The Morgan fingerprint density at radius 1 is 1.48 bits per heavy atom. The Morgan fingerprint density at radius 3 is 2.65 bits per heavy atom. The maximum Gasteiger partial charge on any atom is 0.341 e. The Morgan fingerprint density at radius 2 is 2.13 bits per heavy atom. The molecule has 0 saturated carbocycles. The van der Waals surface area contributed by atoms with E-state index in [9.17, 15) is 19.4 Å². The predicted molar refractivity (Wildman–Crippen MR) is 92.2 cm³/mol. The van der Waals surface area contributed by atoms with Gasteiger partial charge in [0.2, 0.25) is 7.37 Å². The van der Waals surface area contributed by atoms with Gasteiger partial charge >= 0.3 is 5.97 Å². The molecule has 0 radical (unpaired) electrons. The van der Waals surface area contributed by atoms with E-state index < -0.39 is 25.8 Å². The summed E-state index contributed by atoms with van der Waals surface area (Å²) in [4.78, 5) is 20.6. The van der Waals surface area contributed by atoms with Crippen molar-refractivity contribution < 1.29 is 33.9 Å². The van der Waals surface area contributed by atoms with Crippen molar-refractivity contribution >= 4 is 35.9 Å². The first-order valence-corrected chi connectivity index (χ1v) is 9.64. The summed E-state index contributed by atoms with van der Waals surface area (Å²) in [5.74, 6) is -2.36. The van der Waals surface area contributed by atoms with Crippen molar-refractivity contribution in [2.24, 2.45) is 5.73 Å². The van der Waals surface area contributed by atoms with Crippen molar-refractivity contribution in [3.05, 3.63) is 21.3 Å². The van der Waals surface area contributed by atoms with Crippen LogP contribution in [0.25, 0.3) is 0 Å². The first-order valence-electron chi connectivity index (χ1n) is 6.64. The number of ether oxygens (including phenoxy) is 2. The van der Waals surface area contributed by atoms with E-state index in [0.29, 0.717) is 9.99 Å². The molecule has 0 aliphatic rings. The summed E-state index contributed by atoms with van der Waals surface area (Å²) in [6.45, 7) is -0.302. The molecule has 1 rings (SSSR count). The van der Waals surface area contributed by atoms with Crippen LogP contribution in [0, 0.1) is 3.57 Å². The zero-order valence-corrected chi connectivity index (χ0v) is 15.5. The van der Waals surface area contributed by atoms with Gasteiger partial charge in [0.15, 0.2) is 24.0 Å². The number of aliphatic hydroxyl groups excluding tert-OH is 1. The molecule has 130 valence electrons. The molecule has 0 fully saturated rings. The van der Waals surface area contributed by atoms with Crippen LogP contribution in [0.4, 0.5) is 0 Å². The highest BCUT2D eigenvalue weighted by Crippen LogP contribution is 2.55. The second-order valence-electron chi connectivity index (χ2n) is 4.71. The predicted octanol–water partition coefficient (Wildman–Crippen LogP) is 1.37. The first-order chi connectivity index (χ1) is 10.7. The van der Waals surface area contributed by atoms with E-state index in [1.807, 2.05) is 22.6 Å². The molecule has 1 aromatic carbocycles. The smallest absolute Gasteiger partial charge is 0.341 e. The summed E-state index contributed by atoms with van der Waals surface area (Å²) in [6.07, 6.45) is 0.222. The number of hydrogen-bond acceptors (Lipinski definition) is 6. The number of rotatable bonds is 9. The first kappa shape index (κ1) is 20.2. The molecule has 0 saturated heterocycles. The van der Waals surface area contributed by atoms with Crippen molar-refractivity contribution in [1.29, 1.82) is 0 Å². The molecule has 0 amide bonds. The zero-order valence-electron chi connectivity index (χ0n) is 12.4. The van der Waals surface area contributed by atoms with Crippen molar-refractivity contribution in [2.45, 2.75) is 12.3 Å². The summed E-state index contributed by atoms with van der Waals surface area (Å²) in [6, 6.07) is 2.81. The van der Waals surface area contributed by atoms with Crippen LogP contribution in [0.5, 0.6) is 11.5 Å². The lowest BCUT2D eigenvalue weighted by Gasteiger charge is -2.20. The zero-order chi connectivity index (χ0) is 17.6. The number of carboxylic acids is 1. The van der Waals surface area contributed by atoms with Crippen LogP contribution in [-0.4, -0.2) is 47.5 Å². The number of halogens is 1. The lowest BCUT2D eigenvalue weighted by Crippen LogP contribution is -2.12. The maximum atomic E-state index is 12.2. The Hall–Kier alpha value is -0.870. The van der Waals surface area contributed by atoms with E-state index in [1.54, 1.807) is 0 Å². The Labute approximate surface area is 147 Å². The highest BCUT2D eigenvalue weighted by Gasteiger charge is 2.31. The molecule has 2 unspecified atom stereocenters. The fourth-order valence-electron chi connectivity index (χ4n) is 1.84. The molecule has 0 aliphatic heterocycles. The molecular formula is C13H19INO7P. The van der Waals surface area contributed by atoms with Gasteiger partial charge in [0, 0.05) is 6.16 Å². The minimum Gasteiger partial charge on any atom is -0.493 e. The van der Waals surface area contributed by atoms with Gasteiger partial charge in [-0.3, -0.25) is 4.57 Å². The Balaban J connectivity index is 3.12. The lowest BCUT2D eigenvalue weighted by atomic mass is 10.2. The summed E-state index contributed by atoms with van der Waals surface area (Å²) in [7, 11) is -2.49. The molecule has 0 spiro atoms. The van der Waals surface area contributed by atoms with E-state index in [-0.39, 0.29) is 29.8 Å². The van der Waals surface area contributed by atoms with Crippen LogP contribution in [0.3, 0.4) is 0 Å². The van der Waals surface area contributed by atoms with Crippen molar-refractivity contribution in [3.8, 4) is 11.5 Å². The van der Waals surface area contributed by atoms with Crippen LogP contribution in [-0.2, 0) is 9.36 Å². The number of methoxy groups -OCH3 is 1. The minimum atomic E-state index is -3.84. The molecule has 0 aromatic heterocycles. The molecule has 0 heterocycles. The quantitative estimate of drug-likeness (QED) is 0.321. The third-order valence-corrected chi connectivity index (χ3v) is 5.78. The Bertz CT molecular complexity index is 610. The van der Waals surface area contributed by atoms with Gasteiger partial charge in [-0.05, 0) is 53.3 Å². The third kappa shape index (κ3) is 5.61. The number of nitrogens with two attached hydrogens (primary N) is 1. The number of hydrogen-bond donors (Lipinski definition) is 4. The molecule has 1 aromatic rings. The van der Waals surface area contributed by atoms with Gasteiger partial charge in [0.25, 0.3) is 0 Å².